The third-order valence-corrected chi connectivity index (χ3v) is 6.93. The highest BCUT2D eigenvalue weighted by molar-refractivity contribution is 7.99. The zero-order valence-electron chi connectivity index (χ0n) is 23.3. The van der Waals surface area contributed by atoms with E-state index in [4.69, 9.17) is 28.7 Å². The van der Waals surface area contributed by atoms with Gasteiger partial charge in [-0.05, 0) is 11.8 Å². The van der Waals surface area contributed by atoms with Gasteiger partial charge >= 0.3 is 23.9 Å². The Morgan fingerprint density at radius 1 is 0.690 bits per heavy atom. The highest BCUT2D eigenvalue weighted by Crippen LogP contribution is 2.38. The fourth-order valence-electron chi connectivity index (χ4n) is 4.34. The SMILES string of the molecule is CC(=O)OC[C@H]1O[C@@H](Sc2nnc(-c3ccccc3)c(-c3ccccc3)n2)[C@@H](OC(C)=O)[C@@H](OC(C)=O)[C@H]1OC(C)=O. The number of carbonyl (C=O) groups is 4. The second-order valence-corrected chi connectivity index (χ2v) is 10.3. The Hall–Kier alpha value is -4.36. The molecule has 1 aromatic heterocycles. The van der Waals surface area contributed by atoms with Gasteiger partial charge in [0, 0.05) is 38.8 Å². The molecular formula is C29H29N3O9S. The first-order valence-electron chi connectivity index (χ1n) is 12.9. The molecule has 0 bridgehead atoms. The van der Waals surface area contributed by atoms with Crippen molar-refractivity contribution in [2.45, 2.75) is 62.7 Å². The van der Waals surface area contributed by atoms with Crippen molar-refractivity contribution in [2.75, 3.05) is 6.61 Å². The van der Waals surface area contributed by atoms with E-state index in [1.54, 1.807) is 0 Å². The number of nitrogens with zero attached hydrogens (tertiary/aromatic N) is 3. The molecule has 13 heteroatoms. The molecule has 42 heavy (non-hydrogen) atoms. The summed E-state index contributed by atoms with van der Waals surface area (Å²) in [5.74, 6) is -2.73. The topological polar surface area (TPSA) is 153 Å². The Bertz CT molecular complexity index is 1420. The van der Waals surface area contributed by atoms with E-state index in [0.29, 0.717) is 11.4 Å². The number of esters is 4. The summed E-state index contributed by atoms with van der Waals surface area (Å²) >= 11 is 0.961. The molecule has 0 radical (unpaired) electrons. The molecule has 0 spiro atoms. The predicted octanol–water partition coefficient (Wildman–Crippen LogP) is 3.38. The minimum atomic E-state index is -1.30. The van der Waals surface area contributed by atoms with Crippen LogP contribution in [0, 0.1) is 0 Å². The van der Waals surface area contributed by atoms with Crippen molar-refractivity contribution in [2.24, 2.45) is 0 Å². The summed E-state index contributed by atoms with van der Waals surface area (Å²) < 4.78 is 27.8. The van der Waals surface area contributed by atoms with Crippen LogP contribution in [0.5, 0.6) is 0 Å². The largest absolute Gasteiger partial charge is 0.463 e. The molecule has 12 nitrogen and oxygen atoms in total. The first-order valence-corrected chi connectivity index (χ1v) is 13.8. The van der Waals surface area contributed by atoms with Gasteiger partial charge in [0.05, 0.1) is 0 Å². The minimum absolute atomic E-state index is 0.162. The van der Waals surface area contributed by atoms with Crippen LogP contribution in [0.3, 0.4) is 0 Å². The van der Waals surface area contributed by atoms with Crippen molar-refractivity contribution in [1.29, 1.82) is 0 Å². The zero-order valence-corrected chi connectivity index (χ0v) is 24.1. The van der Waals surface area contributed by atoms with Gasteiger partial charge in [0.1, 0.15) is 24.1 Å². The lowest BCUT2D eigenvalue weighted by Crippen LogP contribution is -2.61. The van der Waals surface area contributed by atoms with E-state index in [0.717, 1.165) is 36.7 Å². The Kier molecular flexibility index (Phi) is 10.2. The lowest BCUT2D eigenvalue weighted by Gasteiger charge is -2.43. The van der Waals surface area contributed by atoms with Crippen LogP contribution in [-0.4, -0.2) is 75.5 Å². The Morgan fingerprint density at radius 2 is 1.21 bits per heavy atom. The number of hydrogen-bond acceptors (Lipinski definition) is 13. The summed E-state index contributed by atoms with van der Waals surface area (Å²) in [7, 11) is 0. The average Bonchev–Trinajstić information content (AvgIpc) is 2.95. The maximum atomic E-state index is 12.2. The molecule has 4 rings (SSSR count). The normalized spacial score (nSPS) is 21.6. The summed E-state index contributed by atoms with van der Waals surface area (Å²) in [6.07, 6.45) is -4.90. The Balaban J connectivity index is 1.76. The Morgan fingerprint density at radius 3 is 1.76 bits per heavy atom. The maximum absolute atomic E-state index is 12.2. The third-order valence-electron chi connectivity index (χ3n) is 5.93. The van der Waals surface area contributed by atoms with Gasteiger partial charge in [-0.25, -0.2) is 4.98 Å². The first kappa shape index (κ1) is 30.6. The van der Waals surface area contributed by atoms with Gasteiger partial charge in [-0.2, -0.15) is 0 Å². The van der Waals surface area contributed by atoms with Gasteiger partial charge in [-0.15, -0.1) is 10.2 Å². The molecule has 2 heterocycles. The van der Waals surface area contributed by atoms with Gasteiger partial charge in [-0.3, -0.25) is 19.2 Å². The van der Waals surface area contributed by atoms with Crippen LogP contribution in [0.1, 0.15) is 27.7 Å². The van der Waals surface area contributed by atoms with Crippen molar-refractivity contribution >= 4 is 35.6 Å². The number of rotatable bonds is 9. The summed E-state index contributed by atoms with van der Waals surface area (Å²) in [6, 6.07) is 18.8. The number of carbonyl (C=O) groups excluding carboxylic acids is 4. The van der Waals surface area contributed by atoms with Crippen LogP contribution in [0.25, 0.3) is 22.5 Å². The summed E-state index contributed by atoms with van der Waals surface area (Å²) in [4.78, 5) is 52.6. The molecule has 5 atom stereocenters. The lowest BCUT2D eigenvalue weighted by molar-refractivity contribution is -0.237. The summed E-state index contributed by atoms with van der Waals surface area (Å²) in [5, 5.41) is 8.92. The number of aromatic nitrogens is 3. The number of benzene rings is 2. The number of hydrogen-bond donors (Lipinski definition) is 0. The van der Waals surface area contributed by atoms with Gasteiger partial charge in [-0.1, -0.05) is 60.7 Å². The van der Waals surface area contributed by atoms with Crippen molar-refractivity contribution < 1.29 is 42.9 Å². The molecular weight excluding hydrogens is 566 g/mol. The van der Waals surface area contributed by atoms with E-state index in [9.17, 15) is 19.2 Å². The molecule has 1 aliphatic heterocycles. The number of ether oxygens (including phenoxy) is 5. The van der Waals surface area contributed by atoms with Crippen molar-refractivity contribution in [3.63, 3.8) is 0 Å². The maximum Gasteiger partial charge on any atom is 0.303 e. The van der Waals surface area contributed by atoms with Crippen molar-refractivity contribution in [3.05, 3.63) is 60.7 Å². The molecule has 0 saturated carbocycles. The van der Waals surface area contributed by atoms with Crippen LogP contribution < -0.4 is 0 Å². The highest BCUT2D eigenvalue weighted by Gasteiger charge is 2.52. The minimum Gasteiger partial charge on any atom is -0.463 e. The quantitative estimate of drug-likeness (QED) is 0.263. The molecule has 3 aromatic rings. The first-order chi connectivity index (χ1) is 20.1. The van der Waals surface area contributed by atoms with Crippen LogP contribution in [0.15, 0.2) is 65.8 Å². The molecule has 0 unspecified atom stereocenters. The molecule has 220 valence electrons. The lowest BCUT2D eigenvalue weighted by atomic mass is 9.99. The van der Waals surface area contributed by atoms with Gasteiger partial charge in [0.25, 0.3) is 0 Å². The second-order valence-electron chi connectivity index (χ2n) is 9.21. The zero-order chi connectivity index (χ0) is 30.2. The fourth-order valence-corrected chi connectivity index (χ4v) is 5.32. The summed E-state index contributed by atoms with van der Waals surface area (Å²) in [6.45, 7) is 4.37. The monoisotopic (exact) mass is 595 g/mol. The average molecular weight is 596 g/mol. The van der Waals surface area contributed by atoms with Gasteiger partial charge in [0.2, 0.25) is 5.16 Å². The van der Waals surface area contributed by atoms with Crippen molar-refractivity contribution in [3.8, 4) is 22.5 Å². The standard InChI is InChI=1S/C29H29N3O9S/c1-16(33)37-15-22-25(38-17(2)34)26(39-18(3)35)27(40-19(4)36)28(41-22)42-29-30-23(20-11-7-5-8-12-20)24(31-32-29)21-13-9-6-10-14-21/h5-14,22,25-28H,15H2,1-4H3/t22-,25+,26+,27+,28+/m1/s1. The smallest absolute Gasteiger partial charge is 0.303 e. The molecule has 1 aliphatic rings. The van der Waals surface area contributed by atoms with E-state index in [2.05, 4.69) is 10.2 Å². The van der Waals surface area contributed by atoms with E-state index in [1.165, 1.54) is 13.8 Å². The molecule has 0 N–H and O–H groups in total. The molecule has 2 aromatic carbocycles. The van der Waals surface area contributed by atoms with Crippen LogP contribution in [-0.2, 0) is 42.9 Å². The second kappa shape index (κ2) is 14.0. The molecule has 0 amide bonds. The molecule has 1 fully saturated rings. The third kappa shape index (κ3) is 7.89. The van der Waals surface area contributed by atoms with Crippen LogP contribution >= 0.6 is 11.8 Å². The molecule has 1 saturated heterocycles. The predicted molar refractivity (Wildman–Crippen MR) is 149 cm³/mol. The van der Waals surface area contributed by atoms with Crippen LogP contribution in [0.4, 0.5) is 0 Å². The Labute approximate surface area is 246 Å². The van der Waals surface area contributed by atoms with E-state index < -0.39 is 53.7 Å². The van der Waals surface area contributed by atoms with Crippen molar-refractivity contribution in [1.82, 2.24) is 15.2 Å². The molecule has 0 aliphatic carbocycles. The van der Waals surface area contributed by atoms with Gasteiger partial charge < -0.3 is 23.7 Å². The summed E-state index contributed by atoms with van der Waals surface area (Å²) in [5.41, 5.74) is 1.60. The van der Waals surface area contributed by atoms with Gasteiger partial charge in [0.15, 0.2) is 23.7 Å². The van der Waals surface area contributed by atoms with E-state index in [-0.39, 0.29) is 11.8 Å². The van der Waals surface area contributed by atoms with E-state index in [1.807, 2.05) is 60.7 Å². The van der Waals surface area contributed by atoms with Crippen LogP contribution in [0.2, 0.25) is 0 Å². The number of thioether (sulfide) groups is 1. The highest BCUT2D eigenvalue weighted by atomic mass is 32.2. The van der Waals surface area contributed by atoms with E-state index >= 15 is 0 Å². The fraction of sp³-hybridized carbons (Fsp3) is 0.345.